The predicted octanol–water partition coefficient (Wildman–Crippen LogP) is 4.44. The van der Waals surface area contributed by atoms with Gasteiger partial charge in [0.25, 0.3) is 0 Å². The lowest BCUT2D eigenvalue weighted by molar-refractivity contribution is 0.296. The smallest absolute Gasteiger partial charge is 0.175 e. The van der Waals surface area contributed by atoms with E-state index in [0.29, 0.717) is 19.1 Å². The van der Waals surface area contributed by atoms with Crippen molar-refractivity contribution in [3.05, 3.63) is 21.6 Å². The van der Waals surface area contributed by atoms with Crippen LogP contribution in [-0.2, 0) is 0 Å². The number of ether oxygens (including phenoxy) is 2. The summed E-state index contributed by atoms with van der Waals surface area (Å²) in [5.41, 5.74) is 7.91. The third-order valence-electron chi connectivity index (χ3n) is 3.24. The number of fused-ring (bicyclic) bond motifs is 1. The molecule has 1 aliphatic rings. The van der Waals surface area contributed by atoms with Gasteiger partial charge in [-0.2, -0.15) is 0 Å². The van der Waals surface area contributed by atoms with Crippen LogP contribution in [-0.4, -0.2) is 18.2 Å². The van der Waals surface area contributed by atoms with Crippen molar-refractivity contribution in [3.63, 3.8) is 0 Å². The van der Waals surface area contributed by atoms with Gasteiger partial charge < -0.3 is 15.2 Å². The van der Waals surface area contributed by atoms with Gasteiger partial charge in [-0.1, -0.05) is 13.8 Å². The van der Waals surface area contributed by atoms with Crippen molar-refractivity contribution in [2.45, 2.75) is 26.2 Å². The van der Waals surface area contributed by atoms with Crippen LogP contribution >= 0.6 is 27.3 Å². The zero-order valence-corrected chi connectivity index (χ0v) is 14.4. The van der Waals surface area contributed by atoms with Crippen LogP contribution in [0.25, 0.3) is 11.3 Å². The number of thiazole rings is 1. The Morgan fingerprint density at radius 1 is 1.29 bits per heavy atom. The summed E-state index contributed by atoms with van der Waals surface area (Å²) in [7, 11) is 0. The Hall–Kier alpha value is -1.27. The molecule has 1 aliphatic heterocycles. The number of nitrogens with zero attached hydrogens (tertiary/aromatic N) is 1. The summed E-state index contributed by atoms with van der Waals surface area (Å²) >= 11 is 5.10. The lowest BCUT2D eigenvalue weighted by Crippen LogP contribution is -1.97. The Bertz CT molecular complexity index is 670. The first kappa shape index (κ1) is 14.7. The molecule has 0 saturated carbocycles. The first-order valence-corrected chi connectivity index (χ1v) is 8.53. The van der Waals surface area contributed by atoms with E-state index in [1.165, 1.54) is 0 Å². The van der Waals surface area contributed by atoms with E-state index in [1.54, 1.807) is 11.3 Å². The van der Waals surface area contributed by atoms with Gasteiger partial charge in [-0.05, 0) is 28.1 Å². The standard InChI is InChI=1S/C15H17BrN2O2S/c1-8(2)15-18-12(14(17)21-15)9-6-10(16)13-11(7-9)19-4-3-5-20-13/h6-8H,3-5,17H2,1-2H3. The number of nitrogens with two attached hydrogens (primary N) is 1. The summed E-state index contributed by atoms with van der Waals surface area (Å²) in [6.45, 7) is 5.56. The fraction of sp³-hybridized carbons (Fsp3) is 0.400. The number of hydrogen-bond acceptors (Lipinski definition) is 5. The van der Waals surface area contributed by atoms with E-state index in [4.69, 9.17) is 15.2 Å². The molecule has 0 bridgehead atoms. The number of halogens is 1. The highest BCUT2D eigenvalue weighted by Crippen LogP contribution is 2.43. The Morgan fingerprint density at radius 2 is 2.05 bits per heavy atom. The molecule has 2 heterocycles. The molecule has 0 unspecified atom stereocenters. The first-order chi connectivity index (χ1) is 10.1. The molecule has 0 saturated heterocycles. The molecule has 6 heteroatoms. The molecular weight excluding hydrogens is 352 g/mol. The summed E-state index contributed by atoms with van der Waals surface area (Å²) in [4.78, 5) is 4.67. The highest BCUT2D eigenvalue weighted by atomic mass is 79.9. The van der Waals surface area contributed by atoms with E-state index in [1.807, 2.05) is 12.1 Å². The minimum Gasteiger partial charge on any atom is -0.489 e. The van der Waals surface area contributed by atoms with Crippen LogP contribution in [0.2, 0.25) is 0 Å². The van der Waals surface area contributed by atoms with E-state index in [2.05, 4.69) is 34.8 Å². The summed E-state index contributed by atoms with van der Waals surface area (Å²) in [6.07, 6.45) is 0.882. The fourth-order valence-corrected chi connectivity index (χ4v) is 3.58. The number of nitrogen functional groups attached to an aromatic ring is 1. The Balaban J connectivity index is 2.07. The molecule has 21 heavy (non-hydrogen) atoms. The number of anilines is 1. The van der Waals surface area contributed by atoms with Crippen LogP contribution in [0.3, 0.4) is 0 Å². The van der Waals surface area contributed by atoms with Gasteiger partial charge in [0, 0.05) is 17.9 Å². The molecule has 2 N–H and O–H groups in total. The third-order valence-corrected chi connectivity index (χ3v) is 5.01. The first-order valence-electron chi connectivity index (χ1n) is 6.92. The maximum Gasteiger partial charge on any atom is 0.175 e. The van der Waals surface area contributed by atoms with Gasteiger partial charge in [-0.25, -0.2) is 4.98 Å². The number of benzene rings is 1. The van der Waals surface area contributed by atoms with E-state index in [9.17, 15) is 0 Å². The van der Waals surface area contributed by atoms with Crippen molar-refractivity contribution in [3.8, 4) is 22.8 Å². The number of aromatic nitrogens is 1. The molecule has 1 aromatic carbocycles. The van der Waals surface area contributed by atoms with Gasteiger partial charge in [0.05, 0.1) is 22.7 Å². The van der Waals surface area contributed by atoms with E-state index < -0.39 is 0 Å². The summed E-state index contributed by atoms with van der Waals surface area (Å²) in [6, 6.07) is 3.95. The molecule has 2 aromatic rings. The third kappa shape index (κ3) is 2.87. The zero-order chi connectivity index (χ0) is 15.0. The van der Waals surface area contributed by atoms with Gasteiger partial charge in [0.2, 0.25) is 0 Å². The highest BCUT2D eigenvalue weighted by Gasteiger charge is 2.19. The number of hydrogen-bond donors (Lipinski definition) is 1. The van der Waals surface area contributed by atoms with Crippen LogP contribution in [0.15, 0.2) is 16.6 Å². The van der Waals surface area contributed by atoms with Crippen molar-refractivity contribution in [2.24, 2.45) is 0 Å². The summed E-state index contributed by atoms with van der Waals surface area (Å²) in [5.74, 6) is 1.87. The average Bonchev–Trinajstić information content (AvgIpc) is 2.68. The second kappa shape index (κ2) is 5.85. The second-order valence-electron chi connectivity index (χ2n) is 5.26. The molecule has 0 atom stereocenters. The molecule has 0 fully saturated rings. The van der Waals surface area contributed by atoms with Crippen molar-refractivity contribution < 1.29 is 9.47 Å². The normalized spacial score (nSPS) is 14.3. The van der Waals surface area contributed by atoms with Crippen molar-refractivity contribution in [1.29, 1.82) is 0 Å². The molecular formula is C15H17BrN2O2S. The Kier molecular flexibility index (Phi) is 4.08. The van der Waals surface area contributed by atoms with Gasteiger partial charge >= 0.3 is 0 Å². The minimum absolute atomic E-state index is 0.370. The molecule has 112 valence electrons. The van der Waals surface area contributed by atoms with Gasteiger partial charge in [-0.15, -0.1) is 11.3 Å². The minimum atomic E-state index is 0.370. The van der Waals surface area contributed by atoms with E-state index in [-0.39, 0.29) is 0 Å². The Labute approximate surface area is 136 Å². The number of rotatable bonds is 2. The summed E-state index contributed by atoms with van der Waals surface area (Å²) < 4.78 is 12.4. The topological polar surface area (TPSA) is 57.4 Å². The van der Waals surface area contributed by atoms with Crippen LogP contribution in [0.1, 0.15) is 31.2 Å². The van der Waals surface area contributed by atoms with Crippen LogP contribution < -0.4 is 15.2 Å². The molecule has 0 aliphatic carbocycles. The molecule has 4 nitrogen and oxygen atoms in total. The van der Waals surface area contributed by atoms with E-state index in [0.717, 1.165) is 43.7 Å². The quantitative estimate of drug-likeness (QED) is 0.850. The fourth-order valence-electron chi connectivity index (χ4n) is 2.17. The van der Waals surface area contributed by atoms with Crippen molar-refractivity contribution >= 4 is 32.3 Å². The van der Waals surface area contributed by atoms with E-state index >= 15 is 0 Å². The molecule has 1 aromatic heterocycles. The van der Waals surface area contributed by atoms with Crippen molar-refractivity contribution in [2.75, 3.05) is 18.9 Å². The van der Waals surface area contributed by atoms with Gasteiger partial charge in [-0.3, -0.25) is 0 Å². The highest BCUT2D eigenvalue weighted by molar-refractivity contribution is 9.10. The maximum absolute atomic E-state index is 6.14. The SMILES string of the molecule is CC(C)c1nc(-c2cc(Br)c3c(c2)OCCCO3)c(N)s1. The largest absolute Gasteiger partial charge is 0.489 e. The lowest BCUT2D eigenvalue weighted by atomic mass is 10.1. The molecule has 3 rings (SSSR count). The molecule has 0 radical (unpaired) electrons. The predicted molar refractivity (Wildman–Crippen MR) is 89.4 cm³/mol. The zero-order valence-electron chi connectivity index (χ0n) is 12.0. The maximum atomic E-state index is 6.14. The lowest BCUT2D eigenvalue weighted by Gasteiger charge is -2.11. The van der Waals surface area contributed by atoms with Gasteiger partial charge in [0.15, 0.2) is 11.5 Å². The van der Waals surface area contributed by atoms with Crippen molar-refractivity contribution in [1.82, 2.24) is 4.98 Å². The van der Waals surface area contributed by atoms with Gasteiger partial charge in [0.1, 0.15) is 10.7 Å². The average molecular weight is 369 g/mol. The van der Waals surface area contributed by atoms with Crippen LogP contribution in [0, 0.1) is 0 Å². The summed E-state index contributed by atoms with van der Waals surface area (Å²) in [5, 5.41) is 1.78. The monoisotopic (exact) mass is 368 g/mol. The molecule has 0 amide bonds. The Morgan fingerprint density at radius 3 is 2.76 bits per heavy atom. The van der Waals surface area contributed by atoms with Crippen LogP contribution in [0.4, 0.5) is 5.00 Å². The van der Waals surface area contributed by atoms with Crippen LogP contribution in [0.5, 0.6) is 11.5 Å². The molecule has 0 spiro atoms. The second-order valence-corrected chi connectivity index (χ2v) is 7.17.